The van der Waals surface area contributed by atoms with Gasteiger partial charge in [0, 0.05) is 38.8 Å². The van der Waals surface area contributed by atoms with Gasteiger partial charge < -0.3 is 20.1 Å². The number of methoxy groups -OCH3 is 1. The topological polar surface area (TPSA) is 61.4 Å². The number of morpholine rings is 1. The first-order valence-electron chi connectivity index (χ1n) is 11.3. The molecule has 0 aliphatic carbocycles. The summed E-state index contributed by atoms with van der Waals surface area (Å²) in [5.74, 6) is 1.76. The van der Waals surface area contributed by atoms with E-state index in [1.165, 1.54) is 5.56 Å². The molecular formula is C23H41N5O2. The van der Waals surface area contributed by atoms with Crippen LogP contribution in [0.4, 0.5) is 0 Å². The average Bonchev–Trinajstić information content (AvgIpc) is 2.77. The molecule has 1 atom stereocenters. The van der Waals surface area contributed by atoms with Gasteiger partial charge >= 0.3 is 0 Å². The van der Waals surface area contributed by atoms with Gasteiger partial charge in [-0.25, -0.2) is 0 Å². The Labute approximate surface area is 182 Å². The van der Waals surface area contributed by atoms with Crippen molar-refractivity contribution in [2.75, 3.05) is 66.1 Å². The lowest BCUT2D eigenvalue weighted by Crippen LogP contribution is -2.44. The predicted molar refractivity (Wildman–Crippen MR) is 124 cm³/mol. The lowest BCUT2D eigenvalue weighted by Gasteiger charge is -2.34. The summed E-state index contributed by atoms with van der Waals surface area (Å²) < 4.78 is 10.9. The summed E-state index contributed by atoms with van der Waals surface area (Å²) in [6.45, 7) is 16.7. The van der Waals surface area contributed by atoms with E-state index in [1.54, 1.807) is 7.11 Å². The number of guanidine groups is 1. The SMILES string of the molecule is CCNC(=NCC(c1ccc(OC)cc1)N1CCOCC1)NCCN(CC)C(C)C. The number of ether oxygens (including phenoxy) is 2. The van der Waals surface area contributed by atoms with Gasteiger partial charge in [-0.15, -0.1) is 0 Å². The zero-order valence-corrected chi connectivity index (χ0v) is 19.5. The van der Waals surface area contributed by atoms with E-state index in [0.29, 0.717) is 12.6 Å². The Hall–Kier alpha value is -1.83. The molecule has 1 fully saturated rings. The summed E-state index contributed by atoms with van der Waals surface area (Å²) in [6.07, 6.45) is 0. The zero-order chi connectivity index (χ0) is 21.8. The summed E-state index contributed by atoms with van der Waals surface area (Å²) in [4.78, 5) is 9.85. The van der Waals surface area contributed by atoms with Gasteiger partial charge in [-0.1, -0.05) is 19.1 Å². The molecule has 0 amide bonds. The molecule has 1 saturated heterocycles. The Balaban J connectivity index is 2.07. The van der Waals surface area contributed by atoms with Crippen LogP contribution in [0.1, 0.15) is 39.3 Å². The number of hydrogen-bond donors (Lipinski definition) is 2. The molecule has 0 aromatic heterocycles. The Morgan fingerprint density at radius 3 is 2.43 bits per heavy atom. The summed E-state index contributed by atoms with van der Waals surface area (Å²) in [7, 11) is 1.70. The van der Waals surface area contributed by atoms with E-state index in [2.05, 4.69) is 60.3 Å². The van der Waals surface area contributed by atoms with Crippen LogP contribution in [-0.2, 0) is 4.74 Å². The normalized spacial score (nSPS) is 16.7. The molecule has 1 aromatic carbocycles. The molecule has 170 valence electrons. The highest BCUT2D eigenvalue weighted by Gasteiger charge is 2.22. The lowest BCUT2D eigenvalue weighted by atomic mass is 10.0. The fraction of sp³-hybridized carbons (Fsp3) is 0.696. The molecule has 0 saturated carbocycles. The van der Waals surface area contributed by atoms with Crippen molar-refractivity contribution in [3.8, 4) is 5.75 Å². The predicted octanol–water partition coefficient (Wildman–Crippen LogP) is 2.35. The van der Waals surface area contributed by atoms with Crippen LogP contribution in [0.25, 0.3) is 0 Å². The maximum Gasteiger partial charge on any atom is 0.191 e. The van der Waals surface area contributed by atoms with Gasteiger partial charge in [-0.2, -0.15) is 0 Å². The van der Waals surface area contributed by atoms with Crippen molar-refractivity contribution in [3.05, 3.63) is 29.8 Å². The quantitative estimate of drug-likeness (QED) is 0.424. The van der Waals surface area contributed by atoms with E-state index < -0.39 is 0 Å². The van der Waals surface area contributed by atoms with Gasteiger partial charge in [0.05, 0.1) is 32.9 Å². The molecule has 0 bridgehead atoms. The molecule has 1 aliphatic rings. The van der Waals surface area contributed by atoms with Gasteiger partial charge in [0.1, 0.15) is 5.75 Å². The summed E-state index contributed by atoms with van der Waals surface area (Å²) in [5.41, 5.74) is 1.26. The molecular weight excluding hydrogens is 378 g/mol. The minimum Gasteiger partial charge on any atom is -0.497 e. The number of nitrogens with one attached hydrogen (secondary N) is 2. The second kappa shape index (κ2) is 13.5. The standard InChI is InChI=1S/C23H41N5O2/c1-6-24-23(25-12-13-27(7-2)19(3)4)26-18-22(28-14-16-30-17-15-28)20-8-10-21(29-5)11-9-20/h8-11,19,22H,6-7,12-18H2,1-5H3,(H2,24,25,26). The van der Waals surface area contributed by atoms with Crippen LogP contribution >= 0.6 is 0 Å². The van der Waals surface area contributed by atoms with E-state index in [9.17, 15) is 0 Å². The Bertz CT molecular complexity index is 615. The third-order valence-corrected chi connectivity index (χ3v) is 5.58. The van der Waals surface area contributed by atoms with Gasteiger partial charge in [-0.05, 0) is 45.0 Å². The summed E-state index contributed by atoms with van der Waals surface area (Å²) in [6, 6.07) is 9.13. The van der Waals surface area contributed by atoms with E-state index in [0.717, 1.165) is 64.2 Å². The van der Waals surface area contributed by atoms with Crippen LogP contribution in [0.5, 0.6) is 5.75 Å². The number of benzene rings is 1. The van der Waals surface area contributed by atoms with E-state index >= 15 is 0 Å². The van der Waals surface area contributed by atoms with E-state index in [-0.39, 0.29) is 6.04 Å². The molecule has 2 N–H and O–H groups in total. The lowest BCUT2D eigenvalue weighted by molar-refractivity contribution is 0.0179. The second-order valence-electron chi connectivity index (χ2n) is 7.81. The first-order valence-corrected chi connectivity index (χ1v) is 11.3. The van der Waals surface area contributed by atoms with Crippen LogP contribution in [0.3, 0.4) is 0 Å². The maximum absolute atomic E-state index is 5.56. The van der Waals surface area contributed by atoms with Crippen molar-refractivity contribution < 1.29 is 9.47 Å². The minimum absolute atomic E-state index is 0.220. The summed E-state index contributed by atoms with van der Waals surface area (Å²) in [5, 5.41) is 6.89. The molecule has 30 heavy (non-hydrogen) atoms. The Morgan fingerprint density at radius 1 is 1.17 bits per heavy atom. The van der Waals surface area contributed by atoms with Crippen molar-refractivity contribution in [1.29, 1.82) is 0 Å². The van der Waals surface area contributed by atoms with Crippen LogP contribution < -0.4 is 15.4 Å². The van der Waals surface area contributed by atoms with E-state index in [4.69, 9.17) is 14.5 Å². The van der Waals surface area contributed by atoms with Crippen molar-refractivity contribution in [2.24, 2.45) is 4.99 Å². The molecule has 2 rings (SSSR count). The highest BCUT2D eigenvalue weighted by molar-refractivity contribution is 5.79. The first kappa shape index (κ1) is 24.4. The number of likely N-dealkylation sites (N-methyl/N-ethyl adjacent to an activating group) is 1. The summed E-state index contributed by atoms with van der Waals surface area (Å²) >= 11 is 0. The van der Waals surface area contributed by atoms with Crippen LogP contribution in [0.15, 0.2) is 29.3 Å². The molecule has 1 heterocycles. The Kier molecular flexibility index (Phi) is 11.0. The molecule has 0 spiro atoms. The van der Waals surface area contributed by atoms with Gasteiger partial charge in [-0.3, -0.25) is 14.8 Å². The highest BCUT2D eigenvalue weighted by Crippen LogP contribution is 2.24. The largest absolute Gasteiger partial charge is 0.497 e. The monoisotopic (exact) mass is 419 g/mol. The van der Waals surface area contributed by atoms with Crippen molar-refractivity contribution in [2.45, 2.75) is 39.8 Å². The molecule has 7 heteroatoms. The first-order chi connectivity index (χ1) is 14.6. The van der Waals surface area contributed by atoms with Crippen LogP contribution in [0.2, 0.25) is 0 Å². The number of rotatable bonds is 11. The van der Waals surface area contributed by atoms with Crippen LogP contribution in [0, 0.1) is 0 Å². The average molecular weight is 420 g/mol. The molecule has 1 unspecified atom stereocenters. The van der Waals surface area contributed by atoms with E-state index in [1.807, 2.05) is 12.1 Å². The van der Waals surface area contributed by atoms with Crippen molar-refractivity contribution in [1.82, 2.24) is 20.4 Å². The molecule has 1 aromatic rings. The molecule has 0 radical (unpaired) electrons. The molecule has 1 aliphatic heterocycles. The van der Waals surface area contributed by atoms with Crippen molar-refractivity contribution >= 4 is 5.96 Å². The number of nitrogens with zero attached hydrogens (tertiary/aromatic N) is 3. The van der Waals surface area contributed by atoms with Gasteiger partial charge in [0.2, 0.25) is 0 Å². The third kappa shape index (κ3) is 7.78. The smallest absolute Gasteiger partial charge is 0.191 e. The van der Waals surface area contributed by atoms with Gasteiger partial charge in [0.15, 0.2) is 5.96 Å². The van der Waals surface area contributed by atoms with Gasteiger partial charge in [0.25, 0.3) is 0 Å². The van der Waals surface area contributed by atoms with Crippen LogP contribution in [-0.4, -0.2) is 87.9 Å². The fourth-order valence-corrected chi connectivity index (χ4v) is 3.77. The zero-order valence-electron chi connectivity index (χ0n) is 19.5. The Morgan fingerprint density at radius 2 is 1.87 bits per heavy atom. The maximum atomic E-state index is 5.56. The highest BCUT2D eigenvalue weighted by atomic mass is 16.5. The number of hydrogen-bond acceptors (Lipinski definition) is 5. The second-order valence-corrected chi connectivity index (χ2v) is 7.81. The fourth-order valence-electron chi connectivity index (χ4n) is 3.77. The third-order valence-electron chi connectivity index (χ3n) is 5.58. The van der Waals surface area contributed by atoms with Crippen molar-refractivity contribution in [3.63, 3.8) is 0 Å². The molecule has 7 nitrogen and oxygen atoms in total. The number of aliphatic imine (C=N–C) groups is 1. The minimum atomic E-state index is 0.220.